The quantitative estimate of drug-likeness (QED) is 0.691. The zero-order chi connectivity index (χ0) is 16.4. The first-order valence-electron chi connectivity index (χ1n) is 6.98. The minimum absolute atomic E-state index is 0.00355. The Balaban J connectivity index is 1.88. The summed E-state index contributed by atoms with van der Waals surface area (Å²) in [7, 11) is 1.77. The molecule has 1 saturated heterocycles. The molecular weight excluding hydrogens is 314 g/mol. The Bertz CT molecular complexity index is 749. The number of hydrogen-bond acceptors (Lipinski definition) is 5. The van der Waals surface area contributed by atoms with Gasteiger partial charge in [0.15, 0.2) is 10.9 Å². The van der Waals surface area contributed by atoms with Crippen molar-refractivity contribution in [3.63, 3.8) is 0 Å². The summed E-state index contributed by atoms with van der Waals surface area (Å²) < 4.78 is 0. The maximum atomic E-state index is 11.0. The van der Waals surface area contributed by atoms with Gasteiger partial charge in [-0.1, -0.05) is 30.0 Å². The standard InChI is InChI=1S/C16H15N3O3S/c1-18-15(17-13-5-3-2-4-6-13)23-11-16(18,20)12-7-9-14(10-8-12)19(21)22/h2-10,20H,11H2,1H3/b17-15-. The van der Waals surface area contributed by atoms with Crippen LogP contribution in [0.2, 0.25) is 0 Å². The van der Waals surface area contributed by atoms with Crippen molar-refractivity contribution in [1.29, 1.82) is 0 Å². The van der Waals surface area contributed by atoms with Crippen LogP contribution in [0.25, 0.3) is 0 Å². The third-order valence-corrected chi connectivity index (χ3v) is 4.94. The highest BCUT2D eigenvalue weighted by Gasteiger charge is 2.42. The van der Waals surface area contributed by atoms with Gasteiger partial charge in [-0.25, -0.2) is 4.99 Å². The summed E-state index contributed by atoms with van der Waals surface area (Å²) in [5.74, 6) is 0.410. The summed E-state index contributed by atoms with van der Waals surface area (Å²) >= 11 is 1.45. The molecule has 23 heavy (non-hydrogen) atoms. The number of amidine groups is 1. The first-order valence-corrected chi connectivity index (χ1v) is 7.97. The molecule has 1 atom stereocenters. The lowest BCUT2D eigenvalue weighted by atomic mass is 10.0. The van der Waals surface area contributed by atoms with Crippen molar-refractivity contribution in [2.24, 2.45) is 4.99 Å². The maximum Gasteiger partial charge on any atom is 0.269 e. The molecule has 1 aliphatic rings. The number of benzene rings is 2. The van der Waals surface area contributed by atoms with Crippen molar-refractivity contribution in [2.75, 3.05) is 12.8 Å². The molecule has 0 amide bonds. The topological polar surface area (TPSA) is 79.0 Å². The number of aliphatic imine (C=N–C) groups is 1. The predicted octanol–water partition coefficient (Wildman–Crippen LogP) is 3.11. The molecule has 0 spiro atoms. The van der Waals surface area contributed by atoms with E-state index in [1.807, 2.05) is 30.3 Å². The molecule has 7 heteroatoms. The lowest BCUT2D eigenvalue weighted by Crippen LogP contribution is -2.42. The largest absolute Gasteiger partial charge is 0.366 e. The van der Waals surface area contributed by atoms with E-state index in [4.69, 9.17) is 0 Å². The summed E-state index contributed by atoms with van der Waals surface area (Å²) in [6, 6.07) is 15.5. The molecule has 0 aliphatic carbocycles. The molecule has 1 heterocycles. The van der Waals surface area contributed by atoms with Gasteiger partial charge in [0.1, 0.15) is 0 Å². The second-order valence-electron chi connectivity index (χ2n) is 5.20. The molecule has 0 saturated carbocycles. The second-order valence-corrected chi connectivity index (χ2v) is 6.14. The van der Waals surface area contributed by atoms with Crippen LogP contribution in [0.1, 0.15) is 5.56 Å². The van der Waals surface area contributed by atoms with Gasteiger partial charge in [-0.2, -0.15) is 0 Å². The maximum absolute atomic E-state index is 11.0. The van der Waals surface area contributed by atoms with E-state index in [9.17, 15) is 15.2 Å². The van der Waals surface area contributed by atoms with Gasteiger partial charge < -0.3 is 10.0 Å². The third-order valence-electron chi connectivity index (χ3n) is 3.77. The van der Waals surface area contributed by atoms with Gasteiger partial charge >= 0.3 is 0 Å². The lowest BCUT2D eigenvalue weighted by Gasteiger charge is -2.31. The summed E-state index contributed by atoms with van der Waals surface area (Å²) in [5, 5.41) is 22.4. The number of thioether (sulfide) groups is 1. The molecule has 0 bridgehead atoms. The number of para-hydroxylation sites is 1. The van der Waals surface area contributed by atoms with E-state index in [1.165, 1.54) is 23.9 Å². The van der Waals surface area contributed by atoms with Crippen LogP contribution in [0, 0.1) is 10.1 Å². The van der Waals surface area contributed by atoms with Crippen molar-refractivity contribution in [3.8, 4) is 0 Å². The van der Waals surface area contributed by atoms with Gasteiger partial charge in [0.05, 0.1) is 16.4 Å². The number of non-ortho nitro benzene ring substituents is 1. The summed E-state index contributed by atoms with van der Waals surface area (Å²) in [6.07, 6.45) is 0. The van der Waals surface area contributed by atoms with Crippen LogP contribution in [0.5, 0.6) is 0 Å². The first-order chi connectivity index (χ1) is 11.0. The fourth-order valence-electron chi connectivity index (χ4n) is 2.36. The van der Waals surface area contributed by atoms with Crippen LogP contribution in [-0.4, -0.2) is 32.9 Å². The molecule has 2 aromatic rings. The Morgan fingerprint density at radius 3 is 2.48 bits per heavy atom. The molecule has 1 unspecified atom stereocenters. The Kier molecular flexibility index (Phi) is 4.06. The molecule has 1 N–H and O–H groups in total. The van der Waals surface area contributed by atoms with Crippen molar-refractivity contribution < 1.29 is 10.0 Å². The Hall–Kier alpha value is -2.38. The van der Waals surface area contributed by atoms with Crippen LogP contribution in [-0.2, 0) is 5.72 Å². The minimum atomic E-state index is -1.23. The third kappa shape index (κ3) is 2.93. The van der Waals surface area contributed by atoms with Gasteiger partial charge in [-0.05, 0) is 24.3 Å². The van der Waals surface area contributed by atoms with E-state index in [0.29, 0.717) is 16.5 Å². The number of nitro groups is 1. The molecule has 2 aromatic carbocycles. The van der Waals surface area contributed by atoms with Crippen LogP contribution in [0.4, 0.5) is 11.4 Å². The lowest BCUT2D eigenvalue weighted by molar-refractivity contribution is -0.384. The number of nitrogens with zero attached hydrogens (tertiary/aromatic N) is 3. The first kappa shape index (κ1) is 15.5. The molecule has 3 rings (SSSR count). The zero-order valence-corrected chi connectivity index (χ0v) is 13.2. The highest BCUT2D eigenvalue weighted by molar-refractivity contribution is 8.14. The normalized spacial score (nSPS) is 22.5. The molecule has 1 fully saturated rings. The zero-order valence-electron chi connectivity index (χ0n) is 12.4. The predicted molar refractivity (Wildman–Crippen MR) is 90.8 cm³/mol. The van der Waals surface area contributed by atoms with Crippen LogP contribution in [0.15, 0.2) is 59.6 Å². The average molecular weight is 329 g/mol. The highest BCUT2D eigenvalue weighted by atomic mass is 32.2. The number of hydrogen-bond donors (Lipinski definition) is 1. The number of rotatable bonds is 3. The molecule has 0 aromatic heterocycles. The number of nitro benzene ring substituents is 1. The molecule has 6 nitrogen and oxygen atoms in total. The second kappa shape index (κ2) is 6.02. The van der Waals surface area contributed by atoms with Gasteiger partial charge in [-0.15, -0.1) is 0 Å². The van der Waals surface area contributed by atoms with Gasteiger partial charge in [0.2, 0.25) is 0 Å². The van der Waals surface area contributed by atoms with E-state index >= 15 is 0 Å². The average Bonchev–Trinajstić information content (AvgIpc) is 2.85. The van der Waals surface area contributed by atoms with Crippen LogP contribution >= 0.6 is 11.8 Å². The van der Waals surface area contributed by atoms with Crippen molar-refractivity contribution in [3.05, 3.63) is 70.3 Å². The fraction of sp³-hybridized carbons (Fsp3) is 0.188. The van der Waals surface area contributed by atoms with E-state index in [0.717, 1.165) is 5.69 Å². The smallest absolute Gasteiger partial charge is 0.269 e. The fourth-order valence-corrected chi connectivity index (χ4v) is 3.57. The minimum Gasteiger partial charge on any atom is -0.366 e. The Labute approximate surface area is 137 Å². The molecule has 1 aliphatic heterocycles. The van der Waals surface area contributed by atoms with E-state index < -0.39 is 10.6 Å². The molecule has 118 valence electrons. The summed E-state index contributed by atoms with van der Waals surface area (Å²) in [6.45, 7) is 0. The van der Waals surface area contributed by atoms with Crippen LogP contribution in [0.3, 0.4) is 0 Å². The van der Waals surface area contributed by atoms with Gasteiger partial charge in [-0.3, -0.25) is 10.1 Å². The van der Waals surface area contributed by atoms with Crippen molar-refractivity contribution in [1.82, 2.24) is 4.90 Å². The van der Waals surface area contributed by atoms with Crippen LogP contribution < -0.4 is 0 Å². The van der Waals surface area contributed by atoms with Gasteiger partial charge in [0, 0.05) is 24.7 Å². The summed E-state index contributed by atoms with van der Waals surface area (Å²) in [5.41, 5.74) is 0.197. The van der Waals surface area contributed by atoms with Crippen molar-refractivity contribution in [2.45, 2.75) is 5.72 Å². The van der Waals surface area contributed by atoms with Gasteiger partial charge in [0.25, 0.3) is 5.69 Å². The number of aliphatic hydroxyl groups is 1. The Morgan fingerprint density at radius 2 is 1.87 bits per heavy atom. The molecular formula is C16H15N3O3S. The molecule has 0 radical (unpaired) electrons. The summed E-state index contributed by atoms with van der Waals surface area (Å²) in [4.78, 5) is 16.5. The monoisotopic (exact) mass is 329 g/mol. The van der Waals surface area contributed by atoms with Crippen molar-refractivity contribution >= 4 is 28.3 Å². The van der Waals surface area contributed by atoms with E-state index in [-0.39, 0.29) is 5.69 Å². The van der Waals surface area contributed by atoms with E-state index in [2.05, 4.69) is 4.99 Å². The highest BCUT2D eigenvalue weighted by Crippen LogP contribution is 2.39. The SMILES string of the molecule is CN1/C(=N/c2ccccc2)SCC1(O)c1ccc([N+](=O)[O-])cc1. The Morgan fingerprint density at radius 1 is 1.22 bits per heavy atom. The van der Waals surface area contributed by atoms with E-state index in [1.54, 1.807) is 24.1 Å².